The van der Waals surface area contributed by atoms with Crippen molar-refractivity contribution in [2.75, 3.05) is 5.32 Å². The number of amides is 1. The summed E-state index contributed by atoms with van der Waals surface area (Å²) in [4.78, 5) is 17.9. The van der Waals surface area contributed by atoms with Gasteiger partial charge in [-0.3, -0.25) is 9.78 Å². The van der Waals surface area contributed by atoms with Crippen LogP contribution in [0.15, 0.2) is 53.0 Å². The molecule has 3 N–H and O–H groups in total. The summed E-state index contributed by atoms with van der Waals surface area (Å²) in [5.74, 6) is -0.244. The Balaban J connectivity index is 2.02. The van der Waals surface area contributed by atoms with Gasteiger partial charge >= 0.3 is 0 Å². The summed E-state index contributed by atoms with van der Waals surface area (Å²) in [5, 5.41) is 21.5. The summed E-state index contributed by atoms with van der Waals surface area (Å²) in [6.07, 6.45) is 3.22. The molecule has 0 radical (unpaired) electrons. The molecule has 7 heteroatoms. The van der Waals surface area contributed by atoms with Gasteiger partial charge in [0.15, 0.2) is 5.69 Å². The molecule has 110 valence electrons. The highest BCUT2D eigenvalue weighted by atomic mass is 16.3. The lowest BCUT2D eigenvalue weighted by molar-refractivity contribution is -0.114. The van der Waals surface area contributed by atoms with E-state index in [1.165, 1.54) is 6.92 Å². The molecule has 0 atom stereocenters. The fourth-order valence-electron chi connectivity index (χ4n) is 2.06. The van der Waals surface area contributed by atoms with E-state index in [1.54, 1.807) is 42.7 Å². The third-order valence-corrected chi connectivity index (χ3v) is 3.00. The van der Waals surface area contributed by atoms with Crippen molar-refractivity contribution in [1.29, 1.82) is 0 Å². The highest BCUT2D eigenvalue weighted by molar-refractivity contribution is 5.98. The molecular formula is C15H13N5O2. The van der Waals surface area contributed by atoms with Gasteiger partial charge < -0.3 is 15.4 Å². The summed E-state index contributed by atoms with van der Waals surface area (Å²) in [6.45, 7) is 1.43. The van der Waals surface area contributed by atoms with Crippen LogP contribution >= 0.6 is 0 Å². The zero-order valence-electron chi connectivity index (χ0n) is 11.7. The zero-order chi connectivity index (χ0) is 15.5. The van der Waals surface area contributed by atoms with Gasteiger partial charge in [-0.1, -0.05) is 0 Å². The number of H-pyrrole nitrogens is 1. The lowest BCUT2D eigenvalue weighted by Crippen LogP contribution is -2.05. The van der Waals surface area contributed by atoms with Gasteiger partial charge in [0.05, 0.1) is 11.2 Å². The number of aromatic nitrogens is 2. The fraction of sp³-hybridized carbons (Fsp3) is 0.0667. The molecule has 1 amide bonds. The van der Waals surface area contributed by atoms with Crippen LogP contribution in [-0.2, 0) is 4.79 Å². The maximum absolute atomic E-state index is 11.1. The molecule has 7 nitrogen and oxygen atoms in total. The number of hydrogen-bond acceptors (Lipinski definition) is 5. The molecule has 0 saturated carbocycles. The number of anilines is 1. The highest BCUT2D eigenvalue weighted by Gasteiger charge is 2.11. The van der Waals surface area contributed by atoms with Crippen LogP contribution < -0.4 is 5.32 Å². The normalized spacial score (nSPS) is 11.1. The molecule has 2 aromatic heterocycles. The lowest BCUT2D eigenvalue weighted by Gasteiger charge is -2.01. The number of fused-ring (bicyclic) bond motifs is 1. The molecule has 3 aromatic rings. The Morgan fingerprint density at radius 2 is 2.00 bits per heavy atom. The number of carbonyl (C=O) groups excluding carboxylic acids is 1. The van der Waals surface area contributed by atoms with Gasteiger partial charge in [-0.25, -0.2) is 0 Å². The van der Waals surface area contributed by atoms with Crippen LogP contribution in [0.3, 0.4) is 0 Å². The van der Waals surface area contributed by atoms with Crippen LogP contribution in [0.25, 0.3) is 10.9 Å². The monoisotopic (exact) mass is 295 g/mol. The van der Waals surface area contributed by atoms with Crippen LogP contribution in [0.1, 0.15) is 6.92 Å². The van der Waals surface area contributed by atoms with E-state index in [0.717, 1.165) is 0 Å². The van der Waals surface area contributed by atoms with Gasteiger partial charge in [0, 0.05) is 30.4 Å². The standard InChI is InChI=1S/C15H13N5O2/c1-9(21)17-11-2-3-13-12(8-11)14(15(22)18-13)20-19-10-4-6-16-7-5-10/h2-8,18,22H,1H3,(H,17,21). The Kier molecular flexibility index (Phi) is 3.53. The number of rotatable bonds is 3. The van der Waals surface area contributed by atoms with E-state index >= 15 is 0 Å². The van der Waals surface area contributed by atoms with Crippen molar-refractivity contribution in [2.24, 2.45) is 10.2 Å². The first-order valence-corrected chi connectivity index (χ1v) is 6.57. The first-order chi connectivity index (χ1) is 10.6. The smallest absolute Gasteiger partial charge is 0.221 e. The van der Waals surface area contributed by atoms with Crippen molar-refractivity contribution in [1.82, 2.24) is 9.97 Å². The predicted molar refractivity (Wildman–Crippen MR) is 82.7 cm³/mol. The first-order valence-electron chi connectivity index (χ1n) is 6.57. The van der Waals surface area contributed by atoms with E-state index in [1.807, 2.05) is 0 Å². The summed E-state index contributed by atoms with van der Waals surface area (Å²) in [5.41, 5.74) is 2.27. The maximum Gasteiger partial charge on any atom is 0.221 e. The Morgan fingerprint density at radius 3 is 2.73 bits per heavy atom. The van der Waals surface area contributed by atoms with Crippen LogP contribution in [-0.4, -0.2) is 21.0 Å². The van der Waals surface area contributed by atoms with Gasteiger partial charge in [-0.2, -0.15) is 5.11 Å². The molecule has 2 heterocycles. The molecule has 0 aliphatic rings. The second kappa shape index (κ2) is 5.65. The van der Waals surface area contributed by atoms with Crippen molar-refractivity contribution in [2.45, 2.75) is 6.92 Å². The van der Waals surface area contributed by atoms with Crippen molar-refractivity contribution in [3.63, 3.8) is 0 Å². The molecular weight excluding hydrogens is 282 g/mol. The topological polar surface area (TPSA) is 103 Å². The molecule has 0 aliphatic heterocycles. The Morgan fingerprint density at radius 1 is 1.23 bits per heavy atom. The number of hydrogen-bond donors (Lipinski definition) is 3. The number of pyridine rings is 1. The van der Waals surface area contributed by atoms with E-state index < -0.39 is 0 Å². The number of carbonyl (C=O) groups is 1. The summed E-state index contributed by atoms with van der Waals surface area (Å²) < 4.78 is 0. The number of nitrogens with zero attached hydrogens (tertiary/aromatic N) is 3. The van der Waals surface area contributed by atoms with Crippen LogP contribution in [0.5, 0.6) is 5.88 Å². The zero-order valence-corrected chi connectivity index (χ0v) is 11.7. The molecule has 0 saturated heterocycles. The van der Waals surface area contributed by atoms with E-state index in [2.05, 4.69) is 25.5 Å². The van der Waals surface area contributed by atoms with Crippen molar-refractivity contribution in [3.05, 3.63) is 42.7 Å². The molecule has 22 heavy (non-hydrogen) atoms. The Labute approximate surface area is 125 Å². The largest absolute Gasteiger partial charge is 0.493 e. The number of aromatic hydroxyl groups is 1. The molecule has 0 bridgehead atoms. The maximum atomic E-state index is 11.1. The van der Waals surface area contributed by atoms with Crippen LogP contribution in [0.4, 0.5) is 17.1 Å². The number of aromatic amines is 1. The molecule has 0 aliphatic carbocycles. The average Bonchev–Trinajstić information content (AvgIpc) is 2.80. The van der Waals surface area contributed by atoms with Gasteiger partial charge in [-0.05, 0) is 30.3 Å². The van der Waals surface area contributed by atoms with E-state index in [4.69, 9.17) is 0 Å². The van der Waals surface area contributed by atoms with Crippen LogP contribution in [0.2, 0.25) is 0 Å². The molecule has 0 spiro atoms. The van der Waals surface area contributed by atoms with Crippen LogP contribution in [0, 0.1) is 0 Å². The van der Waals surface area contributed by atoms with Crippen molar-refractivity contribution in [3.8, 4) is 5.88 Å². The average molecular weight is 295 g/mol. The number of benzene rings is 1. The third-order valence-electron chi connectivity index (χ3n) is 3.00. The lowest BCUT2D eigenvalue weighted by atomic mass is 10.2. The first kappa shape index (κ1) is 13.7. The van der Waals surface area contributed by atoms with Gasteiger partial charge in [0.1, 0.15) is 0 Å². The van der Waals surface area contributed by atoms with E-state index in [9.17, 15) is 9.90 Å². The minimum Gasteiger partial charge on any atom is -0.493 e. The minimum absolute atomic E-state index is 0.0761. The quantitative estimate of drug-likeness (QED) is 0.642. The summed E-state index contributed by atoms with van der Waals surface area (Å²) >= 11 is 0. The molecule has 0 unspecified atom stereocenters. The number of nitrogens with one attached hydrogen (secondary N) is 2. The SMILES string of the molecule is CC(=O)Nc1ccc2[nH]c(O)c(N=Nc3ccncc3)c2c1. The minimum atomic E-state index is -0.168. The number of azo groups is 1. The van der Waals surface area contributed by atoms with Gasteiger partial charge in [0.25, 0.3) is 0 Å². The van der Waals surface area contributed by atoms with E-state index in [-0.39, 0.29) is 11.8 Å². The Bertz CT molecular complexity index is 855. The molecule has 1 aromatic carbocycles. The summed E-state index contributed by atoms with van der Waals surface area (Å²) in [6, 6.07) is 8.64. The fourth-order valence-corrected chi connectivity index (χ4v) is 2.06. The van der Waals surface area contributed by atoms with Crippen molar-refractivity contribution >= 4 is 33.9 Å². The van der Waals surface area contributed by atoms with E-state index in [0.29, 0.717) is 28.0 Å². The van der Waals surface area contributed by atoms with Gasteiger partial charge in [0.2, 0.25) is 11.8 Å². The van der Waals surface area contributed by atoms with Gasteiger partial charge in [-0.15, -0.1) is 5.11 Å². The second-order valence-corrected chi connectivity index (χ2v) is 4.67. The Hall–Kier alpha value is -3.22. The molecule has 0 fully saturated rings. The highest BCUT2D eigenvalue weighted by Crippen LogP contribution is 2.37. The summed E-state index contributed by atoms with van der Waals surface area (Å²) in [7, 11) is 0. The third kappa shape index (κ3) is 2.78. The molecule has 3 rings (SSSR count). The predicted octanol–water partition coefficient (Wildman–Crippen LogP) is 3.64. The van der Waals surface area contributed by atoms with Crippen molar-refractivity contribution < 1.29 is 9.90 Å². The second-order valence-electron chi connectivity index (χ2n) is 4.67.